The van der Waals surface area contributed by atoms with E-state index in [4.69, 9.17) is 14.6 Å². The maximum atomic E-state index is 13.9. The second-order valence-electron chi connectivity index (χ2n) is 11.2. The van der Waals surface area contributed by atoms with Crippen LogP contribution in [0.15, 0.2) is 53.6 Å². The van der Waals surface area contributed by atoms with Crippen LogP contribution in [-0.4, -0.2) is 91.0 Å². The summed E-state index contributed by atoms with van der Waals surface area (Å²) in [5, 5.41) is 9.39. The molecule has 2 aromatic carbocycles. The summed E-state index contributed by atoms with van der Waals surface area (Å²) < 4.78 is 10.9. The van der Waals surface area contributed by atoms with Gasteiger partial charge >= 0.3 is 6.03 Å². The number of urea groups is 1. The molecule has 0 unspecified atom stereocenters. The van der Waals surface area contributed by atoms with Crippen molar-refractivity contribution >= 4 is 17.6 Å². The van der Waals surface area contributed by atoms with Crippen LogP contribution in [0.4, 0.5) is 4.79 Å². The molecule has 0 saturated carbocycles. The number of ether oxygens (including phenoxy) is 2. The fraction of sp³-hybridized carbons (Fsp3) is 0.500. The van der Waals surface area contributed by atoms with Crippen molar-refractivity contribution in [2.75, 3.05) is 53.0 Å². The predicted octanol–water partition coefficient (Wildman–Crippen LogP) is 3.82. The van der Waals surface area contributed by atoms with Gasteiger partial charge in [-0.15, -0.1) is 0 Å². The van der Waals surface area contributed by atoms with E-state index in [1.165, 1.54) is 0 Å². The minimum absolute atomic E-state index is 0.0660. The monoisotopic (exact) mass is 535 g/mol. The van der Waals surface area contributed by atoms with Crippen LogP contribution < -0.4 is 10.1 Å². The van der Waals surface area contributed by atoms with Gasteiger partial charge < -0.3 is 19.7 Å². The first-order valence-corrected chi connectivity index (χ1v) is 13.6. The lowest BCUT2D eigenvalue weighted by Crippen LogP contribution is -2.53. The Kier molecular flexibility index (Phi) is 9.24. The van der Waals surface area contributed by atoms with E-state index < -0.39 is 5.54 Å². The number of benzene rings is 2. The van der Waals surface area contributed by atoms with Crippen molar-refractivity contribution < 1.29 is 19.1 Å². The summed E-state index contributed by atoms with van der Waals surface area (Å²) in [6.07, 6.45) is 0.573. The lowest BCUT2D eigenvalue weighted by Gasteiger charge is -2.32. The maximum absolute atomic E-state index is 13.9. The number of carbonyl (C=O) groups is 2. The zero-order valence-electron chi connectivity index (χ0n) is 23.8. The van der Waals surface area contributed by atoms with Crippen molar-refractivity contribution in [1.82, 2.24) is 20.1 Å². The summed E-state index contributed by atoms with van der Waals surface area (Å²) in [5.74, 6) is 0.518. The minimum Gasteiger partial charge on any atom is -0.497 e. The molecule has 0 radical (unpaired) electrons. The first kappa shape index (κ1) is 28.6. The maximum Gasteiger partial charge on any atom is 0.318 e. The summed E-state index contributed by atoms with van der Waals surface area (Å²) in [4.78, 5) is 31.0. The van der Waals surface area contributed by atoms with Gasteiger partial charge in [-0.25, -0.2) is 9.80 Å². The highest BCUT2D eigenvalue weighted by Crippen LogP contribution is 2.33. The molecular formula is C30H41N5O4. The van der Waals surface area contributed by atoms with E-state index in [-0.39, 0.29) is 24.5 Å². The molecule has 2 aromatic rings. The molecule has 0 aromatic heterocycles. The molecule has 1 N–H and O–H groups in total. The Balaban J connectivity index is 1.58. The van der Waals surface area contributed by atoms with Crippen molar-refractivity contribution in [1.29, 1.82) is 0 Å². The molecule has 9 heteroatoms. The molecule has 9 nitrogen and oxygen atoms in total. The summed E-state index contributed by atoms with van der Waals surface area (Å²) in [5.41, 5.74) is 3.46. The number of carbonyl (C=O) groups excluding carboxylic acids is 2. The fourth-order valence-corrected chi connectivity index (χ4v) is 4.74. The molecular weight excluding hydrogens is 494 g/mol. The van der Waals surface area contributed by atoms with Gasteiger partial charge in [-0.2, -0.15) is 5.10 Å². The average molecular weight is 536 g/mol. The van der Waals surface area contributed by atoms with Crippen LogP contribution >= 0.6 is 0 Å². The number of amides is 3. The van der Waals surface area contributed by atoms with Crippen LogP contribution in [0.2, 0.25) is 0 Å². The molecule has 1 saturated heterocycles. The van der Waals surface area contributed by atoms with Crippen molar-refractivity contribution in [3.8, 4) is 5.75 Å². The quantitative estimate of drug-likeness (QED) is 0.555. The largest absolute Gasteiger partial charge is 0.497 e. The number of aryl methyl sites for hydroxylation is 1. The van der Waals surface area contributed by atoms with Crippen LogP contribution in [-0.2, 0) is 9.53 Å². The van der Waals surface area contributed by atoms with Crippen molar-refractivity contribution in [3.63, 3.8) is 0 Å². The smallest absolute Gasteiger partial charge is 0.318 e. The molecule has 0 bridgehead atoms. The van der Waals surface area contributed by atoms with Crippen molar-refractivity contribution in [2.45, 2.75) is 45.7 Å². The molecule has 0 spiro atoms. The molecule has 4 rings (SSSR count). The lowest BCUT2D eigenvalue weighted by molar-refractivity contribution is -0.133. The Labute approximate surface area is 231 Å². The standard InChI is InChI=1S/C30H41N5O4/c1-22-9-11-23(12-10-22)27-20-26(24-7-6-8-25(19-24)38-5)32-35(27)28(36)21-34(29(37)31-30(2,3)4)14-13-33-15-17-39-18-16-33/h6-12,19,27H,13-18,20-21H2,1-5H3,(H,31,37)/t27-/m0/s1. The molecule has 3 amide bonds. The number of methoxy groups -OCH3 is 1. The van der Waals surface area contributed by atoms with E-state index in [0.29, 0.717) is 32.7 Å². The second kappa shape index (κ2) is 12.6. The van der Waals surface area contributed by atoms with Gasteiger partial charge in [0.25, 0.3) is 5.91 Å². The molecule has 1 atom stereocenters. The fourth-order valence-electron chi connectivity index (χ4n) is 4.74. The number of rotatable bonds is 8. The van der Waals surface area contributed by atoms with Gasteiger partial charge in [0.2, 0.25) is 0 Å². The molecule has 0 aliphatic carbocycles. The third-order valence-corrected chi connectivity index (χ3v) is 6.92. The summed E-state index contributed by atoms with van der Waals surface area (Å²) in [7, 11) is 1.63. The molecule has 1 fully saturated rings. The van der Waals surface area contributed by atoms with Gasteiger partial charge in [0.1, 0.15) is 12.3 Å². The Morgan fingerprint density at radius 3 is 2.51 bits per heavy atom. The van der Waals surface area contributed by atoms with Gasteiger partial charge in [-0.05, 0) is 45.4 Å². The highest BCUT2D eigenvalue weighted by atomic mass is 16.5. The first-order valence-electron chi connectivity index (χ1n) is 13.6. The average Bonchev–Trinajstić information content (AvgIpc) is 3.37. The summed E-state index contributed by atoms with van der Waals surface area (Å²) in [6, 6.07) is 15.4. The number of hydrazone groups is 1. The number of nitrogens with zero attached hydrogens (tertiary/aromatic N) is 4. The number of nitrogens with one attached hydrogen (secondary N) is 1. The Hall–Kier alpha value is -3.43. The van der Waals surface area contributed by atoms with Crippen molar-refractivity contribution in [2.24, 2.45) is 5.10 Å². The molecule has 210 valence electrons. The van der Waals surface area contributed by atoms with Crippen LogP contribution in [0.1, 0.15) is 49.9 Å². The van der Waals surface area contributed by atoms with Gasteiger partial charge in [-0.3, -0.25) is 9.69 Å². The van der Waals surface area contributed by atoms with Crippen molar-refractivity contribution in [3.05, 3.63) is 65.2 Å². The van der Waals surface area contributed by atoms with E-state index in [1.807, 2.05) is 76.2 Å². The third kappa shape index (κ3) is 7.80. The van der Waals surface area contributed by atoms with Crippen LogP contribution in [0, 0.1) is 6.92 Å². The normalized spacial score (nSPS) is 18.0. The number of morpholine rings is 1. The number of hydrogen-bond donors (Lipinski definition) is 1. The van der Waals surface area contributed by atoms with Gasteiger partial charge in [0, 0.05) is 43.7 Å². The number of hydrogen-bond acceptors (Lipinski definition) is 6. The highest BCUT2D eigenvalue weighted by Gasteiger charge is 2.35. The van der Waals surface area contributed by atoms with Crippen LogP contribution in [0.3, 0.4) is 0 Å². The van der Waals surface area contributed by atoms with Gasteiger partial charge in [0.05, 0.1) is 32.1 Å². The van der Waals surface area contributed by atoms with E-state index in [2.05, 4.69) is 10.2 Å². The van der Waals surface area contributed by atoms with Crippen LogP contribution in [0.5, 0.6) is 5.75 Å². The van der Waals surface area contributed by atoms with Crippen LogP contribution in [0.25, 0.3) is 0 Å². The van der Waals surface area contributed by atoms with E-state index in [9.17, 15) is 9.59 Å². The van der Waals surface area contributed by atoms with Gasteiger partial charge in [0.15, 0.2) is 0 Å². The second-order valence-corrected chi connectivity index (χ2v) is 11.2. The summed E-state index contributed by atoms with van der Waals surface area (Å²) in [6.45, 7) is 11.9. The SMILES string of the molecule is COc1cccc(C2=NN(C(=O)CN(CCN3CCOCC3)C(=O)NC(C)(C)C)[C@H](c3ccc(C)cc3)C2)c1. The zero-order valence-corrected chi connectivity index (χ0v) is 23.8. The molecule has 2 aliphatic rings. The predicted molar refractivity (Wildman–Crippen MR) is 152 cm³/mol. The molecule has 2 heterocycles. The summed E-state index contributed by atoms with van der Waals surface area (Å²) >= 11 is 0. The third-order valence-electron chi connectivity index (χ3n) is 6.92. The van der Waals surface area contributed by atoms with E-state index in [1.54, 1.807) is 17.0 Å². The topological polar surface area (TPSA) is 86.7 Å². The van der Waals surface area contributed by atoms with Gasteiger partial charge in [-0.1, -0.05) is 42.0 Å². The van der Waals surface area contributed by atoms with E-state index >= 15 is 0 Å². The molecule has 39 heavy (non-hydrogen) atoms. The Morgan fingerprint density at radius 1 is 1.13 bits per heavy atom. The lowest BCUT2D eigenvalue weighted by atomic mass is 9.97. The Morgan fingerprint density at radius 2 is 1.85 bits per heavy atom. The Bertz CT molecular complexity index is 1170. The highest BCUT2D eigenvalue weighted by molar-refractivity contribution is 6.03. The zero-order chi connectivity index (χ0) is 28.0. The molecule has 2 aliphatic heterocycles. The first-order chi connectivity index (χ1) is 18.6. The van der Waals surface area contributed by atoms with E-state index in [0.717, 1.165) is 41.2 Å². The minimum atomic E-state index is -0.424.